The molecule has 0 atom stereocenters. The zero-order chi connectivity index (χ0) is 18.4. The normalized spacial score (nSPS) is 10.5. The van der Waals surface area contributed by atoms with Gasteiger partial charge in [-0.05, 0) is 36.9 Å². The molecule has 1 aromatic carbocycles. The van der Waals surface area contributed by atoms with Gasteiger partial charge in [0.15, 0.2) is 5.13 Å². The molecule has 2 amide bonds. The number of rotatable bonds is 7. The Balaban J connectivity index is 1.60. The van der Waals surface area contributed by atoms with E-state index < -0.39 is 0 Å². The van der Waals surface area contributed by atoms with Crippen LogP contribution in [0.5, 0.6) is 0 Å². The third-order valence-electron chi connectivity index (χ3n) is 3.70. The van der Waals surface area contributed by atoms with Crippen molar-refractivity contribution < 1.29 is 9.59 Å². The first-order valence-electron chi connectivity index (χ1n) is 8.25. The molecule has 0 aliphatic heterocycles. The maximum absolute atomic E-state index is 12.8. The molecule has 0 saturated carbocycles. The summed E-state index contributed by atoms with van der Waals surface area (Å²) in [5, 5.41) is 9.12. The number of thiazole rings is 1. The lowest BCUT2D eigenvalue weighted by atomic mass is 10.2. The number of anilines is 2. The van der Waals surface area contributed by atoms with Crippen LogP contribution in [0.25, 0.3) is 0 Å². The Morgan fingerprint density at radius 3 is 2.62 bits per heavy atom. The molecule has 0 radical (unpaired) electrons. The van der Waals surface area contributed by atoms with Gasteiger partial charge in [-0.15, -0.1) is 11.3 Å². The second kappa shape index (κ2) is 8.73. The summed E-state index contributed by atoms with van der Waals surface area (Å²) in [5.74, 6) is -0.135. The minimum atomic E-state index is -0.103. The summed E-state index contributed by atoms with van der Waals surface area (Å²) in [4.78, 5) is 30.8. The van der Waals surface area contributed by atoms with Crippen LogP contribution in [0.3, 0.4) is 0 Å². The number of hydrogen-bond acceptors (Lipinski definition) is 5. The summed E-state index contributed by atoms with van der Waals surface area (Å²) >= 11 is 2.93. The van der Waals surface area contributed by atoms with E-state index in [2.05, 4.69) is 10.3 Å². The number of amides is 2. The molecule has 7 heteroatoms. The van der Waals surface area contributed by atoms with E-state index >= 15 is 0 Å². The predicted octanol–water partition coefficient (Wildman–Crippen LogP) is 4.39. The molecular formula is C19H19N3O2S2. The van der Waals surface area contributed by atoms with E-state index in [-0.39, 0.29) is 11.8 Å². The minimum absolute atomic E-state index is 0.0321. The summed E-state index contributed by atoms with van der Waals surface area (Å²) in [6.45, 7) is 2.37. The van der Waals surface area contributed by atoms with Crippen molar-refractivity contribution in [1.82, 2.24) is 10.3 Å². The van der Waals surface area contributed by atoms with E-state index in [1.165, 1.54) is 22.7 Å². The molecule has 0 bridgehead atoms. The Morgan fingerprint density at radius 2 is 1.96 bits per heavy atom. The highest BCUT2D eigenvalue weighted by atomic mass is 32.1. The van der Waals surface area contributed by atoms with Crippen molar-refractivity contribution >= 4 is 45.3 Å². The number of hydrogen-bond donors (Lipinski definition) is 1. The largest absolute Gasteiger partial charge is 0.352 e. The topological polar surface area (TPSA) is 62.3 Å². The van der Waals surface area contributed by atoms with Gasteiger partial charge in [0.25, 0.3) is 5.91 Å². The van der Waals surface area contributed by atoms with Crippen LogP contribution in [0.1, 0.15) is 28.9 Å². The van der Waals surface area contributed by atoms with Gasteiger partial charge in [0, 0.05) is 29.3 Å². The molecule has 3 aromatic rings. The molecule has 5 nitrogen and oxygen atoms in total. The maximum Gasteiger partial charge on any atom is 0.252 e. The zero-order valence-electron chi connectivity index (χ0n) is 14.3. The lowest BCUT2D eigenvalue weighted by Crippen LogP contribution is -2.28. The van der Waals surface area contributed by atoms with Crippen LogP contribution in [0, 0.1) is 6.92 Å². The monoisotopic (exact) mass is 385 g/mol. The van der Waals surface area contributed by atoms with Gasteiger partial charge in [-0.3, -0.25) is 14.5 Å². The van der Waals surface area contributed by atoms with E-state index in [1.54, 1.807) is 11.0 Å². The van der Waals surface area contributed by atoms with E-state index in [0.717, 1.165) is 11.4 Å². The van der Waals surface area contributed by atoms with Crippen molar-refractivity contribution in [3.63, 3.8) is 0 Å². The Labute approximate surface area is 160 Å². The molecule has 0 saturated heterocycles. The molecule has 134 valence electrons. The molecule has 1 N–H and O–H groups in total. The highest BCUT2D eigenvalue weighted by Gasteiger charge is 2.20. The molecular weight excluding hydrogens is 366 g/mol. The number of thiophene rings is 1. The number of carbonyl (C=O) groups excluding carboxylic acids is 2. The molecule has 0 aliphatic rings. The van der Waals surface area contributed by atoms with Gasteiger partial charge in [-0.25, -0.2) is 4.98 Å². The second-order valence-electron chi connectivity index (χ2n) is 5.71. The summed E-state index contributed by atoms with van der Waals surface area (Å²) < 4.78 is 0. The van der Waals surface area contributed by atoms with Crippen LogP contribution in [0.4, 0.5) is 10.8 Å². The molecule has 0 spiro atoms. The van der Waals surface area contributed by atoms with Crippen molar-refractivity contribution in [2.24, 2.45) is 0 Å². The lowest BCUT2D eigenvalue weighted by Gasteiger charge is -2.20. The molecule has 3 rings (SSSR count). The second-order valence-corrected chi connectivity index (χ2v) is 7.32. The van der Waals surface area contributed by atoms with E-state index in [0.29, 0.717) is 30.1 Å². The highest BCUT2D eigenvalue weighted by molar-refractivity contribution is 7.14. The molecule has 2 heterocycles. The minimum Gasteiger partial charge on any atom is -0.352 e. The third-order valence-corrected chi connectivity index (χ3v) is 5.33. The molecule has 0 unspecified atom stereocenters. The Morgan fingerprint density at radius 1 is 1.15 bits per heavy atom. The SMILES string of the molecule is Cc1csc(N(C(=O)CCCNC(=O)c2ccsc2)c2ccccc2)n1. The molecule has 2 aromatic heterocycles. The summed E-state index contributed by atoms with van der Waals surface area (Å²) in [5.41, 5.74) is 2.35. The highest BCUT2D eigenvalue weighted by Crippen LogP contribution is 2.29. The van der Waals surface area contributed by atoms with Crippen molar-refractivity contribution in [1.29, 1.82) is 0 Å². The van der Waals surface area contributed by atoms with Crippen LogP contribution in [-0.2, 0) is 4.79 Å². The Hall–Kier alpha value is -2.51. The van der Waals surface area contributed by atoms with Crippen molar-refractivity contribution in [2.45, 2.75) is 19.8 Å². The van der Waals surface area contributed by atoms with Crippen molar-refractivity contribution in [3.05, 3.63) is 63.8 Å². The number of benzene rings is 1. The summed E-state index contributed by atoms with van der Waals surface area (Å²) in [7, 11) is 0. The van der Waals surface area contributed by atoms with Crippen LogP contribution in [0.15, 0.2) is 52.5 Å². The first-order chi connectivity index (χ1) is 12.6. The van der Waals surface area contributed by atoms with Gasteiger partial charge in [0.05, 0.1) is 11.4 Å². The Bertz CT molecular complexity index is 860. The average Bonchev–Trinajstić information content (AvgIpc) is 3.32. The summed E-state index contributed by atoms with van der Waals surface area (Å²) in [6.07, 6.45) is 0.903. The first kappa shape index (κ1) is 18.3. The van der Waals surface area contributed by atoms with Gasteiger partial charge < -0.3 is 5.32 Å². The predicted molar refractivity (Wildman–Crippen MR) is 106 cm³/mol. The quantitative estimate of drug-likeness (QED) is 0.614. The van der Waals surface area contributed by atoms with Gasteiger partial charge >= 0.3 is 0 Å². The van der Waals surface area contributed by atoms with Crippen molar-refractivity contribution in [3.8, 4) is 0 Å². The van der Waals surface area contributed by atoms with Gasteiger partial charge in [0.1, 0.15) is 0 Å². The fraction of sp³-hybridized carbons (Fsp3) is 0.211. The number of aryl methyl sites for hydroxylation is 1. The van der Waals surface area contributed by atoms with Crippen LogP contribution < -0.4 is 10.2 Å². The number of nitrogens with zero attached hydrogens (tertiary/aromatic N) is 2. The number of carbonyl (C=O) groups is 2. The van der Waals surface area contributed by atoms with Crippen molar-refractivity contribution in [2.75, 3.05) is 11.4 Å². The number of para-hydroxylation sites is 1. The van der Waals surface area contributed by atoms with E-state index in [1.807, 2.05) is 53.4 Å². The fourth-order valence-electron chi connectivity index (χ4n) is 2.43. The van der Waals surface area contributed by atoms with Gasteiger partial charge in [-0.2, -0.15) is 11.3 Å². The molecule has 0 fully saturated rings. The number of aromatic nitrogens is 1. The molecule has 26 heavy (non-hydrogen) atoms. The van der Waals surface area contributed by atoms with E-state index in [4.69, 9.17) is 0 Å². The van der Waals surface area contributed by atoms with Crippen LogP contribution in [-0.4, -0.2) is 23.3 Å². The van der Waals surface area contributed by atoms with Gasteiger partial charge in [0.2, 0.25) is 5.91 Å². The van der Waals surface area contributed by atoms with Crippen LogP contribution in [0.2, 0.25) is 0 Å². The Kier molecular flexibility index (Phi) is 6.14. The van der Waals surface area contributed by atoms with Crippen LogP contribution >= 0.6 is 22.7 Å². The summed E-state index contributed by atoms with van der Waals surface area (Å²) in [6, 6.07) is 11.3. The standard InChI is InChI=1S/C19H19N3O2S2/c1-14-12-26-19(21-14)22(16-6-3-2-4-7-16)17(23)8-5-10-20-18(24)15-9-11-25-13-15/h2-4,6-7,9,11-13H,5,8,10H2,1H3,(H,20,24). The van der Waals surface area contributed by atoms with Gasteiger partial charge in [-0.1, -0.05) is 18.2 Å². The fourth-order valence-corrected chi connectivity index (χ4v) is 3.91. The lowest BCUT2D eigenvalue weighted by molar-refractivity contribution is -0.118. The smallest absolute Gasteiger partial charge is 0.252 e. The first-order valence-corrected chi connectivity index (χ1v) is 10.1. The van der Waals surface area contributed by atoms with E-state index in [9.17, 15) is 9.59 Å². The third kappa shape index (κ3) is 4.56. The number of nitrogens with one attached hydrogen (secondary N) is 1. The molecule has 0 aliphatic carbocycles. The average molecular weight is 386 g/mol. The maximum atomic E-state index is 12.8. The zero-order valence-corrected chi connectivity index (χ0v) is 16.0.